The fraction of sp³-hybridized carbons (Fsp3) is 0.250. The predicted octanol–water partition coefficient (Wildman–Crippen LogP) is 2.41. The Morgan fingerprint density at radius 1 is 1.26 bits per heavy atom. The van der Waals surface area contributed by atoms with Crippen molar-refractivity contribution in [3.05, 3.63) is 41.6 Å². The molecule has 102 valence electrons. The van der Waals surface area contributed by atoms with Crippen LogP contribution in [0.25, 0.3) is 0 Å². The number of H-pyrrole nitrogens is 1. The minimum atomic E-state index is 0. The zero-order valence-electron chi connectivity index (χ0n) is 10.8. The number of rotatable bonds is 4. The summed E-state index contributed by atoms with van der Waals surface area (Å²) < 4.78 is 0. The van der Waals surface area contributed by atoms with Gasteiger partial charge in [0.15, 0.2) is 11.5 Å². The normalized spacial score (nSPS) is 9.79. The first kappa shape index (κ1) is 15.5. The molecule has 1 aromatic carbocycles. The van der Waals surface area contributed by atoms with Gasteiger partial charge in [0.05, 0.1) is 0 Å². The first-order valence-electron chi connectivity index (χ1n) is 5.52. The summed E-state index contributed by atoms with van der Waals surface area (Å²) in [6, 6.07) is 10.2. The van der Waals surface area contributed by atoms with Gasteiger partial charge in [-0.3, -0.25) is 5.41 Å². The van der Waals surface area contributed by atoms with Crippen molar-refractivity contribution < 1.29 is 0 Å². The van der Waals surface area contributed by atoms with E-state index in [9.17, 15) is 0 Å². The van der Waals surface area contributed by atoms with Crippen molar-refractivity contribution >= 4 is 30.0 Å². The van der Waals surface area contributed by atoms with Gasteiger partial charge in [0.25, 0.3) is 0 Å². The van der Waals surface area contributed by atoms with E-state index in [1.165, 1.54) is 5.56 Å². The summed E-state index contributed by atoms with van der Waals surface area (Å²) in [5, 5.41) is 19.4. The summed E-state index contributed by atoms with van der Waals surface area (Å²) in [7, 11) is 3.64. The molecule has 1 heterocycles. The third kappa shape index (κ3) is 3.97. The van der Waals surface area contributed by atoms with Gasteiger partial charge in [-0.25, -0.2) is 0 Å². The molecule has 0 bridgehead atoms. The number of aromatic nitrogens is 3. The maximum atomic E-state index is 7.92. The molecule has 2 aromatic rings. The van der Waals surface area contributed by atoms with Crippen LogP contribution in [0.3, 0.4) is 0 Å². The number of thioether (sulfide) groups is 1. The molecule has 0 aliphatic heterocycles. The first-order chi connectivity index (χ1) is 8.68. The Morgan fingerprint density at radius 2 is 1.95 bits per heavy atom. The molecule has 0 fully saturated rings. The molecule has 5 nitrogen and oxygen atoms in total. The van der Waals surface area contributed by atoms with Gasteiger partial charge in [0, 0.05) is 19.8 Å². The fourth-order valence-corrected chi connectivity index (χ4v) is 2.29. The lowest BCUT2D eigenvalue weighted by Crippen LogP contribution is -2.22. The number of aromatic amines is 1. The highest BCUT2D eigenvalue weighted by Gasteiger charge is 2.14. The minimum Gasteiger partial charge on any atom is -0.361 e. The van der Waals surface area contributed by atoms with Crippen molar-refractivity contribution in [2.75, 3.05) is 14.1 Å². The van der Waals surface area contributed by atoms with Crippen LogP contribution < -0.4 is 0 Å². The van der Waals surface area contributed by atoms with E-state index in [1.807, 2.05) is 32.3 Å². The summed E-state index contributed by atoms with van der Waals surface area (Å²) in [6.45, 7) is 0. The van der Waals surface area contributed by atoms with E-state index in [-0.39, 0.29) is 12.4 Å². The van der Waals surface area contributed by atoms with Gasteiger partial charge in [-0.2, -0.15) is 10.3 Å². The quantitative estimate of drug-likeness (QED) is 0.516. The maximum Gasteiger partial charge on any atom is 0.161 e. The Kier molecular flexibility index (Phi) is 5.85. The zero-order chi connectivity index (χ0) is 13.0. The second kappa shape index (κ2) is 7.16. The largest absolute Gasteiger partial charge is 0.361 e. The Balaban J connectivity index is 0.00000180. The van der Waals surface area contributed by atoms with Crippen LogP contribution in [0.4, 0.5) is 0 Å². The molecule has 19 heavy (non-hydrogen) atoms. The molecule has 0 spiro atoms. The Hall–Kier alpha value is -1.53. The summed E-state index contributed by atoms with van der Waals surface area (Å²) in [6.07, 6.45) is 0. The monoisotopic (exact) mass is 297 g/mol. The van der Waals surface area contributed by atoms with Crippen molar-refractivity contribution in [3.63, 3.8) is 0 Å². The number of nitrogens with zero attached hydrogens (tertiary/aromatic N) is 3. The number of benzene rings is 1. The standard InChI is InChI=1S/C12H15N5S.ClH/c1-17(2)11(13)10-12(15-16-14-10)18-8-9-6-4-3-5-7-9;/h3-7,13H,8H2,1-2H3,(H,14,15,16);1H. The average Bonchev–Trinajstić information content (AvgIpc) is 2.84. The fourth-order valence-electron chi connectivity index (χ4n) is 1.41. The van der Waals surface area contributed by atoms with Crippen LogP contribution in [0.5, 0.6) is 0 Å². The van der Waals surface area contributed by atoms with E-state index in [2.05, 4.69) is 27.5 Å². The molecular weight excluding hydrogens is 282 g/mol. The zero-order valence-corrected chi connectivity index (χ0v) is 12.4. The summed E-state index contributed by atoms with van der Waals surface area (Å²) in [4.78, 5) is 1.71. The van der Waals surface area contributed by atoms with Crippen LogP contribution in [-0.4, -0.2) is 40.2 Å². The molecule has 0 saturated carbocycles. The highest BCUT2D eigenvalue weighted by atomic mass is 35.5. The molecule has 0 amide bonds. The molecule has 0 radical (unpaired) electrons. The summed E-state index contributed by atoms with van der Waals surface area (Å²) in [5.41, 5.74) is 1.83. The number of halogens is 1. The summed E-state index contributed by atoms with van der Waals surface area (Å²) in [5.74, 6) is 1.18. The molecule has 2 rings (SSSR count). The highest BCUT2D eigenvalue weighted by molar-refractivity contribution is 7.98. The molecule has 0 unspecified atom stereocenters. The molecule has 7 heteroatoms. The van der Waals surface area contributed by atoms with Gasteiger partial charge in [-0.15, -0.1) is 17.5 Å². The number of nitrogens with one attached hydrogen (secondary N) is 2. The highest BCUT2D eigenvalue weighted by Crippen LogP contribution is 2.23. The molecule has 0 aliphatic rings. The molecule has 0 atom stereocenters. The van der Waals surface area contributed by atoms with Crippen molar-refractivity contribution in [3.8, 4) is 0 Å². The van der Waals surface area contributed by atoms with Crippen LogP contribution in [0.15, 0.2) is 35.4 Å². The van der Waals surface area contributed by atoms with E-state index >= 15 is 0 Å². The van der Waals surface area contributed by atoms with Gasteiger partial charge < -0.3 is 4.90 Å². The van der Waals surface area contributed by atoms with E-state index < -0.39 is 0 Å². The third-order valence-corrected chi connectivity index (χ3v) is 3.44. The minimum absolute atomic E-state index is 0. The van der Waals surface area contributed by atoms with Crippen molar-refractivity contribution in [1.29, 1.82) is 5.41 Å². The van der Waals surface area contributed by atoms with E-state index in [0.29, 0.717) is 11.5 Å². The predicted molar refractivity (Wildman–Crippen MR) is 80.1 cm³/mol. The Morgan fingerprint density at radius 3 is 2.58 bits per heavy atom. The molecule has 0 saturated heterocycles. The average molecular weight is 298 g/mol. The van der Waals surface area contributed by atoms with Gasteiger partial charge in [-0.1, -0.05) is 42.1 Å². The second-order valence-electron chi connectivity index (χ2n) is 3.99. The second-order valence-corrected chi connectivity index (χ2v) is 4.96. The van der Waals surface area contributed by atoms with Crippen LogP contribution in [-0.2, 0) is 5.75 Å². The molecular formula is C12H16ClN5S. The third-order valence-electron chi connectivity index (χ3n) is 2.41. The lowest BCUT2D eigenvalue weighted by molar-refractivity contribution is 0.615. The van der Waals surface area contributed by atoms with Gasteiger partial charge in [-0.05, 0) is 5.56 Å². The smallest absolute Gasteiger partial charge is 0.161 e. The van der Waals surface area contributed by atoms with Crippen LogP contribution in [0.1, 0.15) is 11.3 Å². The van der Waals surface area contributed by atoms with E-state index in [1.54, 1.807) is 16.7 Å². The van der Waals surface area contributed by atoms with Crippen molar-refractivity contribution in [2.24, 2.45) is 0 Å². The van der Waals surface area contributed by atoms with E-state index in [0.717, 1.165) is 10.8 Å². The number of hydrogen-bond donors (Lipinski definition) is 2. The first-order valence-corrected chi connectivity index (χ1v) is 6.51. The molecule has 0 aliphatic carbocycles. The Bertz CT molecular complexity index is 526. The molecule has 2 N–H and O–H groups in total. The maximum absolute atomic E-state index is 7.92. The van der Waals surface area contributed by atoms with Crippen LogP contribution in [0, 0.1) is 5.41 Å². The van der Waals surface area contributed by atoms with Gasteiger partial charge >= 0.3 is 0 Å². The Labute approximate surface area is 122 Å². The number of hydrogen-bond acceptors (Lipinski definition) is 4. The van der Waals surface area contributed by atoms with E-state index in [4.69, 9.17) is 5.41 Å². The SMILES string of the molecule is CN(C)C(=N)c1n[nH]nc1SCc1ccccc1.Cl. The van der Waals surface area contributed by atoms with Crippen LogP contribution >= 0.6 is 24.2 Å². The lowest BCUT2D eigenvalue weighted by atomic mass is 10.2. The number of amidine groups is 1. The summed E-state index contributed by atoms with van der Waals surface area (Å²) >= 11 is 1.58. The van der Waals surface area contributed by atoms with Crippen molar-refractivity contribution in [2.45, 2.75) is 10.8 Å². The van der Waals surface area contributed by atoms with Crippen molar-refractivity contribution in [1.82, 2.24) is 20.3 Å². The topological polar surface area (TPSA) is 68.7 Å². The van der Waals surface area contributed by atoms with Gasteiger partial charge in [0.1, 0.15) is 5.03 Å². The van der Waals surface area contributed by atoms with Gasteiger partial charge in [0.2, 0.25) is 0 Å². The lowest BCUT2D eigenvalue weighted by Gasteiger charge is -2.11. The van der Waals surface area contributed by atoms with Crippen LogP contribution in [0.2, 0.25) is 0 Å². The molecule has 1 aromatic heterocycles.